The molecule has 2 N–H and O–H groups in total. The van der Waals surface area contributed by atoms with E-state index in [1.807, 2.05) is 0 Å². The number of aliphatic carboxylic acids is 1. The van der Waals surface area contributed by atoms with Gasteiger partial charge in [-0.3, -0.25) is 9.59 Å². The molecule has 0 radical (unpaired) electrons. The van der Waals surface area contributed by atoms with Crippen LogP contribution in [0.15, 0.2) is 36.5 Å². The second kappa shape index (κ2) is 7.44. The fourth-order valence-corrected chi connectivity index (χ4v) is 2.08. The largest absolute Gasteiger partial charge is 0.481 e. The Morgan fingerprint density at radius 1 is 1.35 bits per heavy atom. The maximum atomic E-state index is 13.2. The van der Waals surface area contributed by atoms with E-state index in [0.29, 0.717) is 11.4 Å². The third-order valence-corrected chi connectivity index (χ3v) is 3.24. The van der Waals surface area contributed by atoms with E-state index in [2.05, 4.69) is 15.3 Å². The zero-order valence-corrected chi connectivity index (χ0v) is 12.5. The van der Waals surface area contributed by atoms with Gasteiger partial charge < -0.3 is 10.4 Å². The van der Waals surface area contributed by atoms with Crippen molar-refractivity contribution < 1.29 is 19.1 Å². The van der Waals surface area contributed by atoms with Crippen LogP contribution < -0.4 is 5.32 Å². The third-order valence-electron chi connectivity index (χ3n) is 3.24. The second-order valence-electron chi connectivity index (χ2n) is 5.07. The highest BCUT2D eigenvalue weighted by molar-refractivity contribution is 5.92. The van der Waals surface area contributed by atoms with E-state index in [0.717, 1.165) is 0 Å². The molecular weight excluding hydrogens is 301 g/mol. The van der Waals surface area contributed by atoms with Crippen molar-refractivity contribution in [1.29, 1.82) is 0 Å². The summed E-state index contributed by atoms with van der Waals surface area (Å²) in [6.07, 6.45) is 1.58. The van der Waals surface area contributed by atoms with E-state index in [1.165, 1.54) is 30.5 Å². The first kappa shape index (κ1) is 16.5. The minimum atomic E-state index is -1.06. The number of hydrogen-bond acceptors (Lipinski definition) is 4. The lowest BCUT2D eigenvalue weighted by Gasteiger charge is -2.13. The fraction of sp³-hybridized carbons (Fsp3) is 0.250. The number of carbonyl (C=O) groups is 2. The van der Waals surface area contributed by atoms with Gasteiger partial charge in [0.1, 0.15) is 17.3 Å². The standard InChI is InChI=1S/C16H16FN3O3/c1-10-18-6-5-14(20-10)15(21)19-9-12(16(22)23)7-11-3-2-4-13(17)8-11/h2-6,8,12H,7,9H2,1H3,(H,19,21)(H,22,23). The van der Waals surface area contributed by atoms with Crippen LogP contribution in [0.2, 0.25) is 0 Å². The zero-order chi connectivity index (χ0) is 16.8. The Kier molecular flexibility index (Phi) is 5.35. The van der Waals surface area contributed by atoms with Crippen LogP contribution >= 0.6 is 0 Å². The molecule has 0 saturated carbocycles. The summed E-state index contributed by atoms with van der Waals surface area (Å²) in [5, 5.41) is 11.8. The van der Waals surface area contributed by atoms with Crippen molar-refractivity contribution in [3.8, 4) is 0 Å². The van der Waals surface area contributed by atoms with Crippen LogP contribution in [-0.4, -0.2) is 33.5 Å². The van der Waals surface area contributed by atoms with Crippen molar-refractivity contribution in [2.45, 2.75) is 13.3 Å². The molecule has 2 rings (SSSR count). The Balaban J connectivity index is 2.00. The van der Waals surface area contributed by atoms with Crippen LogP contribution in [0.3, 0.4) is 0 Å². The number of carboxylic acids is 1. The van der Waals surface area contributed by atoms with Gasteiger partial charge in [0.15, 0.2) is 0 Å². The highest BCUT2D eigenvalue weighted by Crippen LogP contribution is 2.11. The Labute approximate surface area is 132 Å². The van der Waals surface area contributed by atoms with Crippen LogP contribution in [-0.2, 0) is 11.2 Å². The molecule has 1 heterocycles. The van der Waals surface area contributed by atoms with Gasteiger partial charge in [0.25, 0.3) is 5.91 Å². The van der Waals surface area contributed by atoms with Gasteiger partial charge in [-0.15, -0.1) is 0 Å². The van der Waals surface area contributed by atoms with Gasteiger partial charge in [0.2, 0.25) is 0 Å². The average Bonchev–Trinajstić information content (AvgIpc) is 2.51. The Bertz CT molecular complexity index is 721. The van der Waals surface area contributed by atoms with Gasteiger partial charge in [0, 0.05) is 12.7 Å². The van der Waals surface area contributed by atoms with Gasteiger partial charge in [-0.05, 0) is 37.1 Å². The molecule has 0 fully saturated rings. The Hall–Kier alpha value is -2.83. The number of aromatic nitrogens is 2. The van der Waals surface area contributed by atoms with Crippen LogP contribution in [0.25, 0.3) is 0 Å². The van der Waals surface area contributed by atoms with Crippen LogP contribution in [0.5, 0.6) is 0 Å². The number of benzene rings is 1. The maximum absolute atomic E-state index is 13.2. The first-order chi connectivity index (χ1) is 11.0. The second-order valence-corrected chi connectivity index (χ2v) is 5.07. The van der Waals surface area contributed by atoms with Crippen LogP contribution in [0.1, 0.15) is 21.9 Å². The van der Waals surface area contributed by atoms with Gasteiger partial charge in [0.05, 0.1) is 5.92 Å². The molecule has 120 valence electrons. The molecule has 23 heavy (non-hydrogen) atoms. The van der Waals surface area contributed by atoms with Crippen molar-refractivity contribution in [1.82, 2.24) is 15.3 Å². The quantitative estimate of drug-likeness (QED) is 0.844. The lowest BCUT2D eigenvalue weighted by Crippen LogP contribution is -2.34. The first-order valence-electron chi connectivity index (χ1n) is 7.01. The summed E-state index contributed by atoms with van der Waals surface area (Å²) in [7, 11) is 0. The molecular formula is C16H16FN3O3. The number of hydrogen-bond donors (Lipinski definition) is 2. The number of nitrogens with zero attached hydrogens (tertiary/aromatic N) is 2. The normalized spacial score (nSPS) is 11.7. The SMILES string of the molecule is Cc1nccc(C(=O)NCC(Cc2cccc(F)c2)C(=O)O)n1. The maximum Gasteiger partial charge on any atom is 0.308 e. The van der Waals surface area contributed by atoms with E-state index in [9.17, 15) is 19.1 Å². The molecule has 2 aromatic rings. The van der Waals surface area contributed by atoms with E-state index in [-0.39, 0.29) is 18.7 Å². The monoisotopic (exact) mass is 317 g/mol. The lowest BCUT2D eigenvalue weighted by atomic mass is 9.99. The molecule has 7 heteroatoms. The van der Waals surface area contributed by atoms with Crippen molar-refractivity contribution in [3.63, 3.8) is 0 Å². The smallest absolute Gasteiger partial charge is 0.308 e. The molecule has 1 amide bonds. The van der Waals surface area contributed by atoms with Crippen molar-refractivity contribution in [2.75, 3.05) is 6.54 Å². The molecule has 0 aliphatic carbocycles. The topological polar surface area (TPSA) is 92.2 Å². The summed E-state index contributed by atoms with van der Waals surface area (Å²) < 4.78 is 13.2. The van der Waals surface area contributed by atoms with E-state index >= 15 is 0 Å². The number of carbonyl (C=O) groups excluding carboxylic acids is 1. The van der Waals surface area contributed by atoms with Gasteiger partial charge in [-0.1, -0.05) is 12.1 Å². The molecule has 6 nitrogen and oxygen atoms in total. The van der Waals surface area contributed by atoms with Crippen molar-refractivity contribution >= 4 is 11.9 Å². The molecule has 1 atom stereocenters. The number of halogens is 1. The predicted octanol–water partition coefficient (Wildman–Crippen LogP) is 1.60. The average molecular weight is 317 g/mol. The van der Waals surface area contributed by atoms with Crippen LogP contribution in [0, 0.1) is 18.7 Å². The van der Waals surface area contributed by atoms with E-state index in [4.69, 9.17) is 0 Å². The van der Waals surface area contributed by atoms with E-state index in [1.54, 1.807) is 13.0 Å². The van der Waals surface area contributed by atoms with Gasteiger partial charge in [-0.2, -0.15) is 0 Å². The van der Waals surface area contributed by atoms with Crippen molar-refractivity contribution in [3.05, 3.63) is 59.4 Å². The first-order valence-corrected chi connectivity index (χ1v) is 7.01. The summed E-state index contributed by atoms with van der Waals surface area (Å²) in [5.41, 5.74) is 0.733. The Morgan fingerprint density at radius 3 is 2.78 bits per heavy atom. The lowest BCUT2D eigenvalue weighted by molar-refractivity contribution is -0.141. The molecule has 1 aromatic heterocycles. The molecule has 0 saturated heterocycles. The fourth-order valence-electron chi connectivity index (χ4n) is 2.08. The number of nitrogens with one attached hydrogen (secondary N) is 1. The Morgan fingerprint density at radius 2 is 2.13 bits per heavy atom. The summed E-state index contributed by atoms with van der Waals surface area (Å²) >= 11 is 0. The summed E-state index contributed by atoms with van der Waals surface area (Å²) in [6.45, 7) is 1.58. The van der Waals surface area contributed by atoms with Crippen molar-refractivity contribution in [2.24, 2.45) is 5.92 Å². The summed E-state index contributed by atoms with van der Waals surface area (Å²) in [5.74, 6) is -2.36. The number of rotatable bonds is 6. The molecule has 1 aromatic carbocycles. The van der Waals surface area contributed by atoms with Crippen LogP contribution in [0.4, 0.5) is 4.39 Å². The summed E-state index contributed by atoms with van der Waals surface area (Å²) in [6, 6.07) is 7.19. The van der Waals surface area contributed by atoms with E-state index < -0.39 is 23.6 Å². The number of carboxylic acid groups (broad SMARTS) is 1. The molecule has 0 spiro atoms. The predicted molar refractivity (Wildman–Crippen MR) is 80.3 cm³/mol. The third kappa shape index (κ3) is 4.84. The minimum Gasteiger partial charge on any atom is -0.481 e. The molecule has 1 unspecified atom stereocenters. The molecule has 0 bridgehead atoms. The van der Waals surface area contributed by atoms with Gasteiger partial charge in [-0.25, -0.2) is 14.4 Å². The number of amides is 1. The minimum absolute atomic E-state index is 0.0757. The number of aryl methyl sites for hydroxylation is 1. The molecule has 0 aliphatic rings. The highest BCUT2D eigenvalue weighted by Gasteiger charge is 2.20. The van der Waals surface area contributed by atoms with Gasteiger partial charge >= 0.3 is 5.97 Å². The summed E-state index contributed by atoms with van der Waals surface area (Å²) in [4.78, 5) is 31.2. The molecule has 0 aliphatic heterocycles. The zero-order valence-electron chi connectivity index (χ0n) is 12.5. The highest BCUT2D eigenvalue weighted by atomic mass is 19.1.